The van der Waals surface area contributed by atoms with Gasteiger partial charge in [0.2, 0.25) is 5.89 Å². The van der Waals surface area contributed by atoms with E-state index in [4.69, 9.17) is 14.1 Å². The molecular weight excluding hydrogens is 457 g/mol. The van der Waals surface area contributed by atoms with Gasteiger partial charge >= 0.3 is 0 Å². The van der Waals surface area contributed by atoms with E-state index >= 15 is 0 Å². The highest BCUT2D eigenvalue weighted by molar-refractivity contribution is 5.85. The van der Waals surface area contributed by atoms with Crippen molar-refractivity contribution in [3.05, 3.63) is 72.3 Å². The van der Waals surface area contributed by atoms with E-state index in [1.807, 2.05) is 43.4 Å². The zero-order valence-corrected chi connectivity index (χ0v) is 20.2. The third-order valence-electron chi connectivity index (χ3n) is 6.55. The van der Waals surface area contributed by atoms with Gasteiger partial charge in [-0.15, -0.1) is 10.2 Å². The van der Waals surface area contributed by atoms with Crippen molar-refractivity contribution in [1.82, 2.24) is 25.1 Å². The van der Waals surface area contributed by atoms with Crippen molar-refractivity contribution in [3.8, 4) is 39.7 Å². The smallest absolute Gasteiger partial charge is 0.227 e. The summed E-state index contributed by atoms with van der Waals surface area (Å²) < 4.78 is 27.7. The Morgan fingerprint density at radius 3 is 2.72 bits per heavy atom. The number of aryl methyl sites for hydroxylation is 1. The predicted octanol–water partition coefficient (Wildman–Crippen LogP) is 5.60. The Balaban J connectivity index is 1.37. The summed E-state index contributed by atoms with van der Waals surface area (Å²) in [6, 6.07) is 16.6. The molecule has 7 nitrogen and oxygen atoms in total. The van der Waals surface area contributed by atoms with E-state index in [-0.39, 0.29) is 5.82 Å². The first kappa shape index (κ1) is 22.4. The minimum atomic E-state index is -0.332. The molecule has 1 fully saturated rings. The van der Waals surface area contributed by atoms with Crippen molar-refractivity contribution in [2.45, 2.75) is 19.4 Å². The Labute approximate surface area is 208 Å². The van der Waals surface area contributed by atoms with Crippen molar-refractivity contribution in [2.75, 3.05) is 13.7 Å². The minimum Gasteiger partial charge on any atom is -0.493 e. The molecule has 2 heterocycles. The second kappa shape index (κ2) is 9.20. The van der Waals surface area contributed by atoms with Crippen LogP contribution in [-0.2, 0) is 13.6 Å². The zero-order chi connectivity index (χ0) is 24.6. The fraction of sp³-hybridized carbons (Fsp3) is 0.250. The lowest BCUT2D eigenvalue weighted by Crippen LogP contribution is -2.16. The van der Waals surface area contributed by atoms with E-state index in [2.05, 4.69) is 15.5 Å². The normalized spacial score (nSPS) is 13.4. The molecule has 182 valence electrons. The molecule has 2 aromatic heterocycles. The number of fused-ring (bicyclic) bond motifs is 1. The van der Waals surface area contributed by atoms with Gasteiger partial charge in [-0.2, -0.15) is 0 Å². The highest BCUT2D eigenvalue weighted by atomic mass is 19.1. The summed E-state index contributed by atoms with van der Waals surface area (Å²) in [6.07, 6.45) is 4.24. The van der Waals surface area contributed by atoms with E-state index in [1.165, 1.54) is 25.0 Å². The first-order valence-electron chi connectivity index (χ1n) is 12.0. The number of aromatic nitrogens is 4. The van der Waals surface area contributed by atoms with E-state index in [9.17, 15) is 4.39 Å². The number of benzene rings is 3. The van der Waals surface area contributed by atoms with Gasteiger partial charge in [-0.1, -0.05) is 18.2 Å². The first-order chi connectivity index (χ1) is 17.6. The summed E-state index contributed by atoms with van der Waals surface area (Å²) >= 11 is 0. The van der Waals surface area contributed by atoms with Crippen LogP contribution in [0.1, 0.15) is 18.4 Å². The van der Waals surface area contributed by atoms with Gasteiger partial charge in [-0.3, -0.25) is 0 Å². The summed E-state index contributed by atoms with van der Waals surface area (Å²) in [7, 11) is 3.48. The molecule has 1 N–H and O–H groups in total. The van der Waals surface area contributed by atoms with Gasteiger partial charge in [0, 0.05) is 24.7 Å². The summed E-state index contributed by atoms with van der Waals surface area (Å²) in [5.41, 5.74) is 5.68. The number of ether oxygens (including phenoxy) is 1. The molecular formula is C28H26FN5O2. The number of hydrogen-bond acceptors (Lipinski definition) is 6. The van der Waals surface area contributed by atoms with Gasteiger partial charge in [-0.05, 0) is 78.4 Å². The monoisotopic (exact) mass is 483 g/mol. The van der Waals surface area contributed by atoms with E-state index < -0.39 is 0 Å². The van der Waals surface area contributed by atoms with Gasteiger partial charge in [0.15, 0.2) is 17.2 Å². The molecule has 0 atom stereocenters. The van der Waals surface area contributed by atoms with Crippen LogP contribution in [0.15, 0.2) is 65.3 Å². The Bertz CT molecular complexity index is 1550. The van der Waals surface area contributed by atoms with E-state index in [0.717, 1.165) is 46.8 Å². The Morgan fingerprint density at radius 2 is 1.94 bits per heavy atom. The van der Waals surface area contributed by atoms with Gasteiger partial charge in [0.25, 0.3) is 0 Å². The summed E-state index contributed by atoms with van der Waals surface area (Å²) in [5, 5.41) is 11.7. The summed E-state index contributed by atoms with van der Waals surface area (Å²) in [4.78, 5) is 4.78. The Hall–Kier alpha value is -4.04. The highest BCUT2D eigenvalue weighted by Crippen LogP contribution is 2.36. The molecule has 6 rings (SSSR count). The molecule has 0 aliphatic heterocycles. The van der Waals surface area contributed by atoms with Crippen molar-refractivity contribution >= 4 is 11.1 Å². The predicted molar refractivity (Wildman–Crippen MR) is 136 cm³/mol. The summed E-state index contributed by atoms with van der Waals surface area (Å²) in [6.45, 7) is 1.80. The minimum absolute atomic E-state index is 0.332. The molecule has 0 spiro atoms. The van der Waals surface area contributed by atoms with Crippen LogP contribution in [0, 0.1) is 11.7 Å². The average molecular weight is 484 g/mol. The first-order valence-corrected chi connectivity index (χ1v) is 12.0. The molecule has 3 aromatic carbocycles. The van der Waals surface area contributed by atoms with Gasteiger partial charge < -0.3 is 19.0 Å². The highest BCUT2D eigenvalue weighted by Gasteiger charge is 2.21. The average Bonchev–Trinajstić information content (AvgIpc) is 3.44. The molecule has 1 aliphatic rings. The van der Waals surface area contributed by atoms with Gasteiger partial charge in [-0.25, -0.2) is 9.37 Å². The number of hydrogen-bond donors (Lipinski definition) is 1. The van der Waals surface area contributed by atoms with E-state index in [1.54, 1.807) is 24.1 Å². The lowest BCUT2D eigenvalue weighted by molar-refractivity contribution is 0.410. The number of nitrogens with one attached hydrogen (secondary N) is 1. The quantitative estimate of drug-likeness (QED) is 0.309. The number of methoxy groups -OCH3 is 1. The fourth-order valence-corrected chi connectivity index (χ4v) is 4.48. The van der Waals surface area contributed by atoms with Crippen molar-refractivity contribution in [2.24, 2.45) is 13.0 Å². The lowest BCUT2D eigenvalue weighted by Gasteiger charge is -2.10. The molecule has 0 amide bonds. The molecule has 0 radical (unpaired) electrons. The second-order valence-corrected chi connectivity index (χ2v) is 9.28. The molecule has 36 heavy (non-hydrogen) atoms. The molecule has 8 heteroatoms. The molecule has 0 unspecified atom stereocenters. The maximum Gasteiger partial charge on any atom is 0.227 e. The van der Waals surface area contributed by atoms with Crippen LogP contribution in [-0.4, -0.2) is 33.4 Å². The zero-order valence-electron chi connectivity index (χ0n) is 20.2. The lowest BCUT2D eigenvalue weighted by atomic mass is 9.97. The number of halogens is 1. The van der Waals surface area contributed by atoms with Gasteiger partial charge in [0.05, 0.1) is 7.11 Å². The van der Waals surface area contributed by atoms with Crippen LogP contribution in [0.25, 0.3) is 45.1 Å². The van der Waals surface area contributed by atoms with Crippen molar-refractivity contribution < 1.29 is 13.5 Å². The van der Waals surface area contributed by atoms with Crippen LogP contribution < -0.4 is 10.1 Å². The molecule has 5 aromatic rings. The standard InChI is InChI=1S/C28H26FN5O2/c1-34-16-31-33-27(34)23-13-21(29)8-9-22(23)19-4-3-5-20(12-19)28-32-24-10-18(15-30-14-17-6-7-17)11-25(35-2)26(24)36-28/h3-5,8-13,16-17,30H,6-7,14-15H2,1-2H3. The molecule has 1 aliphatic carbocycles. The topological polar surface area (TPSA) is 78.0 Å². The Kier molecular flexibility index (Phi) is 5.73. The van der Waals surface area contributed by atoms with Crippen molar-refractivity contribution in [3.63, 3.8) is 0 Å². The van der Waals surface area contributed by atoms with Crippen LogP contribution in [0.5, 0.6) is 5.75 Å². The third-order valence-corrected chi connectivity index (χ3v) is 6.55. The fourth-order valence-electron chi connectivity index (χ4n) is 4.48. The maximum atomic E-state index is 14.2. The largest absolute Gasteiger partial charge is 0.493 e. The maximum absolute atomic E-state index is 14.2. The van der Waals surface area contributed by atoms with E-state index in [0.29, 0.717) is 28.6 Å². The SMILES string of the molecule is COc1cc(CNCC2CC2)cc2nc(-c3cccc(-c4ccc(F)cc4-c4nncn4C)c3)oc12. The van der Waals surface area contributed by atoms with Crippen LogP contribution >= 0.6 is 0 Å². The number of rotatable bonds is 8. The second-order valence-electron chi connectivity index (χ2n) is 9.28. The molecule has 0 saturated heterocycles. The number of oxazole rings is 1. The molecule has 0 bridgehead atoms. The van der Waals surface area contributed by atoms with Crippen LogP contribution in [0.2, 0.25) is 0 Å². The third kappa shape index (κ3) is 4.35. The number of nitrogens with zero attached hydrogens (tertiary/aromatic N) is 4. The summed E-state index contributed by atoms with van der Waals surface area (Å²) in [5.74, 6) is 2.23. The van der Waals surface area contributed by atoms with Crippen LogP contribution in [0.3, 0.4) is 0 Å². The Morgan fingerprint density at radius 1 is 1.08 bits per heavy atom. The van der Waals surface area contributed by atoms with Crippen LogP contribution in [0.4, 0.5) is 4.39 Å². The van der Waals surface area contributed by atoms with Gasteiger partial charge in [0.1, 0.15) is 17.7 Å². The van der Waals surface area contributed by atoms with Crippen molar-refractivity contribution in [1.29, 1.82) is 0 Å². The molecule has 1 saturated carbocycles.